The molecule has 0 rings (SSSR count). The number of carboxylic acid groups (broad SMARTS) is 1. The Bertz CT molecular complexity index is 140. The molecule has 2 N–H and O–H groups in total. The standard InChI is InChI=1S/C12H24O2.Na.H2O/c1-2-3-4-5-6-7-8-9-10-11-12(13)14;;/h2-11H2,1H3,(H,13,14);;1H2/q;+1;/p-1. The molecule has 0 amide bonds. The van der Waals surface area contributed by atoms with E-state index in [9.17, 15) is 4.79 Å². The third kappa shape index (κ3) is 19.9. The van der Waals surface area contributed by atoms with Gasteiger partial charge in [-0.2, -0.15) is 0 Å². The minimum absolute atomic E-state index is 0. The molecule has 0 aliphatic heterocycles. The first-order valence-electron chi connectivity index (χ1n) is 5.99. The van der Waals surface area contributed by atoms with Crippen LogP contribution >= 0.6 is 0 Å². The van der Waals surface area contributed by atoms with Gasteiger partial charge >= 0.3 is 35.5 Å². The maximum Gasteiger partial charge on any atom is 1.00 e. The summed E-state index contributed by atoms with van der Waals surface area (Å²) < 4.78 is 0. The van der Waals surface area contributed by atoms with Crippen molar-refractivity contribution < 1.29 is 44.9 Å². The number of aliphatic carboxylic acids is 1. The zero-order valence-corrected chi connectivity index (χ0v) is 12.9. The fourth-order valence-corrected chi connectivity index (χ4v) is 1.59. The van der Waals surface area contributed by atoms with E-state index in [2.05, 4.69) is 6.92 Å². The van der Waals surface area contributed by atoms with Crippen LogP contribution < -0.4 is 29.6 Å². The van der Waals surface area contributed by atoms with E-state index in [4.69, 9.17) is 5.11 Å². The molecule has 0 atom stereocenters. The molecule has 0 aliphatic rings. The molecule has 3 nitrogen and oxygen atoms in total. The van der Waals surface area contributed by atoms with Crippen LogP contribution in [0.1, 0.15) is 71.1 Å². The first-order valence-corrected chi connectivity index (χ1v) is 5.99. The summed E-state index contributed by atoms with van der Waals surface area (Å²) in [7, 11) is 0. The number of rotatable bonds is 10. The Morgan fingerprint density at radius 2 is 1.25 bits per heavy atom. The molecule has 92 valence electrons. The molecule has 0 aromatic heterocycles. The summed E-state index contributed by atoms with van der Waals surface area (Å²) in [6, 6.07) is 0. The third-order valence-electron chi connectivity index (χ3n) is 2.49. The van der Waals surface area contributed by atoms with E-state index in [1.165, 1.54) is 44.9 Å². The van der Waals surface area contributed by atoms with E-state index in [1.54, 1.807) is 0 Å². The van der Waals surface area contributed by atoms with Gasteiger partial charge in [0.25, 0.3) is 0 Å². The summed E-state index contributed by atoms with van der Waals surface area (Å²) in [5.74, 6) is -0.659. The summed E-state index contributed by atoms with van der Waals surface area (Å²) in [6.45, 7) is 2.23. The van der Waals surface area contributed by atoms with Crippen LogP contribution in [0, 0.1) is 0 Å². The average Bonchev–Trinajstić information content (AvgIpc) is 2.15. The van der Waals surface area contributed by atoms with Gasteiger partial charge in [0.1, 0.15) is 0 Å². The van der Waals surface area contributed by atoms with Crippen LogP contribution in [-0.4, -0.2) is 16.6 Å². The van der Waals surface area contributed by atoms with Crippen molar-refractivity contribution in [3.8, 4) is 0 Å². The van der Waals surface area contributed by atoms with Crippen molar-refractivity contribution in [2.75, 3.05) is 0 Å². The maximum atomic E-state index is 10.2. The quantitative estimate of drug-likeness (QED) is 0.454. The summed E-state index contributed by atoms with van der Waals surface area (Å²) in [5.41, 5.74) is 0. The van der Waals surface area contributed by atoms with E-state index in [0.717, 1.165) is 12.8 Å². The fraction of sp³-hybridized carbons (Fsp3) is 0.917. The van der Waals surface area contributed by atoms with Gasteiger partial charge in [-0.1, -0.05) is 58.3 Å². The molecule has 0 saturated carbocycles. The average molecular weight is 240 g/mol. The van der Waals surface area contributed by atoms with Crippen LogP contribution in [0.2, 0.25) is 0 Å². The third-order valence-corrected chi connectivity index (χ3v) is 2.49. The second kappa shape index (κ2) is 17.8. The number of hydrogen-bond acceptors (Lipinski definition) is 2. The smallest absolute Gasteiger partial charge is 0.870 e. The first-order chi connectivity index (χ1) is 6.77. The van der Waals surface area contributed by atoms with Gasteiger partial charge < -0.3 is 10.6 Å². The van der Waals surface area contributed by atoms with E-state index < -0.39 is 5.97 Å². The van der Waals surface area contributed by atoms with Crippen LogP contribution in [0.25, 0.3) is 0 Å². The fourth-order valence-electron chi connectivity index (χ4n) is 1.59. The molecule has 4 heteroatoms. The van der Waals surface area contributed by atoms with Crippen LogP contribution in [0.3, 0.4) is 0 Å². The Hall–Kier alpha value is 0.430. The van der Waals surface area contributed by atoms with Crippen molar-refractivity contribution in [2.45, 2.75) is 71.1 Å². The second-order valence-corrected chi connectivity index (χ2v) is 3.97. The summed E-state index contributed by atoms with van der Waals surface area (Å²) in [5, 5.41) is 8.41. The summed E-state index contributed by atoms with van der Waals surface area (Å²) >= 11 is 0. The Kier molecular flexibility index (Phi) is 24.1. The number of unbranched alkanes of at least 4 members (excludes halogenated alkanes) is 8. The summed E-state index contributed by atoms with van der Waals surface area (Å²) in [6.07, 6.45) is 11.5. The zero-order chi connectivity index (χ0) is 10.6. The molecule has 0 unspecified atom stereocenters. The van der Waals surface area contributed by atoms with Crippen molar-refractivity contribution in [3.63, 3.8) is 0 Å². The molecular formula is C12H25NaO3. The van der Waals surface area contributed by atoms with E-state index in [0.29, 0.717) is 6.42 Å². The predicted molar refractivity (Wildman–Crippen MR) is 61.4 cm³/mol. The molecule has 0 fully saturated rings. The maximum absolute atomic E-state index is 10.2. The topological polar surface area (TPSA) is 67.3 Å². The Labute approximate surface area is 122 Å². The van der Waals surface area contributed by atoms with Gasteiger partial charge in [0.15, 0.2) is 0 Å². The molecule has 16 heavy (non-hydrogen) atoms. The minimum atomic E-state index is -0.659. The van der Waals surface area contributed by atoms with Crippen LogP contribution in [0.15, 0.2) is 0 Å². The molecular weight excluding hydrogens is 215 g/mol. The van der Waals surface area contributed by atoms with Crippen LogP contribution in [-0.2, 0) is 4.79 Å². The van der Waals surface area contributed by atoms with Gasteiger partial charge in [-0.25, -0.2) is 0 Å². The van der Waals surface area contributed by atoms with E-state index >= 15 is 0 Å². The van der Waals surface area contributed by atoms with E-state index in [1.807, 2.05) is 0 Å². The van der Waals surface area contributed by atoms with Crippen molar-refractivity contribution >= 4 is 5.97 Å². The van der Waals surface area contributed by atoms with Crippen molar-refractivity contribution in [1.82, 2.24) is 0 Å². The largest absolute Gasteiger partial charge is 1.00 e. The van der Waals surface area contributed by atoms with E-state index in [-0.39, 0.29) is 35.0 Å². The summed E-state index contributed by atoms with van der Waals surface area (Å²) in [4.78, 5) is 10.2. The van der Waals surface area contributed by atoms with Gasteiger partial charge in [0.2, 0.25) is 0 Å². The number of carboxylic acids is 1. The second-order valence-electron chi connectivity index (χ2n) is 3.97. The Morgan fingerprint density at radius 3 is 1.62 bits per heavy atom. The van der Waals surface area contributed by atoms with Crippen molar-refractivity contribution in [2.24, 2.45) is 0 Å². The van der Waals surface area contributed by atoms with Gasteiger partial charge in [-0.3, -0.25) is 4.79 Å². The van der Waals surface area contributed by atoms with Gasteiger partial charge in [-0.05, 0) is 6.42 Å². The predicted octanol–water partition coefficient (Wildman–Crippen LogP) is 0.819. The molecule has 0 radical (unpaired) electrons. The molecule has 0 bridgehead atoms. The van der Waals surface area contributed by atoms with Crippen molar-refractivity contribution in [3.05, 3.63) is 0 Å². The van der Waals surface area contributed by atoms with Gasteiger partial charge in [-0.15, -0.1) is 0 Å². The minimum Gasteiger partial charge on any atom is -0.870 e. The first kappa shape index (κ1) is 21.7. The van der Waals surface area contributed by atoms with Crippen LogP contribution in [0.5, 0.6) is 0 Å². The van der Waals surface area contributed by atoms with Crippen molar-refractivity contribution in [1.29, 1.82) is 0 Å². The zero-order valence-electron chi connectivity index (χ0n) is 10.9. The molecule has 0 aromatic rings. The molecule has 0 heterocycles. The number of carbonyl (C=O) groups is 1. The Balaban J connectivity index is -0.000000845. The monoisotopic (exact) mass is 240 g/mol. The molecule has 0 saturated heterocycles. The Morgan fingerprint density at radius 1 is 0.875 bits per heavy atom. The molecule has 0 aromatic carbocycles. The van der Waals surface area contributed by atoms with Crippen LogP contribution in [0.4, 0.5) is 0 Å². The number of hydrogen-bond donors (Lipinski definition) is 1. The normalized spacial score (nSPS) is 9.06. The molecule has 0 aliphatic carbocycles. The SMILES string of the molecule is CCCCCCCCCCCC(=O)O.[Na+].[OH-]. The molecule has 0 spiro atoms. The van der Waals surface area contributed by atoms with Gasteiger partial charge in [0.05, 0.1) is 0 Å². The van der Waals surface area contributed by atoms with Gasteiger partial charge in [0, 0.05) is 6.42 Å².